The van der Waals surface area contributed by atoms with Crippen molar-refractivity contribution in [2.45, 2.75) is 18.7 Å². The number of hydrogen-bond acceptors (Lipinski definition) is 1. The Bertz CT molecular complexity index is 292. The molecule has 0 aliphatic heterocycles. The molecule has 0 radical (unpaired) electrons. The van der Waals surface area contributed by atoms with Gasteiger partial charge in [0.05, 0.1) is 5.92 Å². The molecule has 13 heavy (non-hydrogen) atoms. The molecule has 3 heteroatoms. The molecule has 70 valence electrons. The van der Waals surface area contributed by atoms with Crippen molar-refractivity contribution in [3.8, 4) is 0 Å². The van der Waals surface area contributed by atoms with Crippen LogP contribution in [0.15, 0.2) is 24.3 Å². The lowest BCUT2D eigenvalue weighted by molar-refractivity contribution is -0.138. The summed E-state index contributed by atoms with van der Waals surface area (Å²) in [7, 11) is 0. The van der Waals surface area contributed by atoms with Crippen molar-refractivity contribution in [3.05, 3.63) is 35.4 Å². The summed E-state index contributed by atoms with van der Waals surface area (Å²) in [5, 5.41) is 8.74. The van der Waals surface area contributed by atoms with Crippen molar-refractivity contribution >= 4 is 17.6 Å². The largest absolute Gasteiger partial charge is 0.481 e. The fraction of sp³-hybridized carbons (Fsp3) is 0.300. The Hall–Kier alpha value is -1.02. The van der Waals surface area contributed by atoms with Gasteiger partial charge in [0.25, 0.3) is 0 Å². The normalized spacial score (nSPS) is 12.5. The van der Waals surface area contributed by atoms with Crippen molar-refractivity contribution in [2.24, 2.45) is 0 Å². The molecule has 0 spiro atoms. The van der Waals surface area contributed by atoms with Gasteiger partial charge in [-0.2, -0.15) is 0 Å². The first-order chi connectivity index (χ1) is 6.15. The molecule has 0 saturated carbocycles. The molecule has 1 aromatic rings. The van der Waals surface area contributed by atoms with Crippen LogP contribution in [0.1, 0.15) is 24.0 Å². The molecule has 2 nitrogen and oxygen atoms in total. The summed E-state index contributed by atoms with van der Waals surface area (Å²) in [6, 6.07) is 7.30. The lowest BCUT2D eigenvalue weighted by Crippen LogP contribution is -2.07. The third-order valence-corrected chi connectivity index (χ3v) is 2.31. The van der Waals surface area contributed by atoms with E-state index in [1.165, 1.54) is 0 Å². The lowest BCUT2D eigenvalue weighted by Gasteiger charge is -2.06. The summed E-state index contributed by atoms with van der Waals surface area (Å²) >= 11 is 5.61. The van der Waals surface area contributed by atoms with Crippen LogP contribution in [0.2, 0.25) is 0 Å². The van der Waals surface area contributed by atoms with Gasteiger partial charge >= 0.3 is 5.97 Å². The summed E-state index contributed by atoms with van der Waals surface area (Å²) in [6.07, 6.45) is 0. The molecule has 1 atom stereocenters. The number of rotatable bonds is 3. The number of carbonyl (C=O) groups is 1. The van der Waals surface area contributed by atoms with Gasteiger partial charge in [-0.25, -0.2) is 0 Å². The third-order valence-electron chi connectivity index (χ3n) is 2.00. The average Bonchev–Trinajstić information content (AvgIpc) is 2.17. The van der Waals surface area contributed by atoms with Gasteiger partial charge in [-0.15, -0.1) is 11.6 Å². The van der Waals surface area contributed by atoms with Crippen LogP contribution in [0.5, 0.6) is 0 Å². The van der Waals surface area contributed by atoms with E-state index in [1.54, 1.807) is 19.1 Å². The van der Waals surface area contributed by atoms with Crippen molar-refractivity contribution in [3.63, 3.8) is 0 Å². The van der Waals surface area contributed by atoms with E-state index < -0.39 is 11.9 Å². The molecule has 1 N–H and O–H groups in total. The summed E-state index contributed by atoms with van der Waals surface area (Å²) in [6.45, 7) is 1.66. The van der Waals surface area contributed by atoms with Crippen LogP contribution < -0.4 is 0 Å². The van der Waals surface area contributed by atoms with Crippen molar-refractivity contribution < 1.29 is 9.90 Å². The maximum atomic E-state index is 10.6. The SMILES string of the molecule is CC(C(=O)O)c1ccc(CCl)cc1. The molecule has 1 aromatic carbocycles. The van der Waals surface area contributed by atoms with Crippen LogP contribution in [-0.4, -0.2) is 11.1 Å². The van der Waals surface area contributed by atoms with E-state index in [1.807, 2.05) is 12.1 Å². The minimum Gasteiger partial charge on any atom is -0.481 e. The maximum absolute atomic E-state index is 10.6. The van der Waals surface area contributed by atoms with E-state index in [9.17, 15) is 4.79 Å². The monoisotopic (exact) mass is 198 g/mol. The summed E-state index contributed by atoms with van der Waals surface area (Å²) in [4.78, 5) is 10.6. The number of hydrogen-bond donors (Lipinski definition) is 1. The Morgan fingerprint density at radius 1 is 1.46 bits per heavy atom. The number of carboxylic acid groups (broad SMARTS) is 1. The van der Waals surface area contributed by atoms with Gasteiger partial charge in [0, 0.05) is 5.88 Å². The first-order valence-electron chi connectivity index (χ1n) is 4.02. The molecule has 1 unspecified atom stereocenters. The van der Waals surface area contributed by atoms with Gasteiger partial charge in [-0.1, -0.05) is 24.3 Å². The molecule has 0 fully saturated rings. The molecular formula is C10H11ClO2. The summed E-state index contributed by atoms with van der Waals surface area (Å²) < 4.78 is 0. The quantitative estimate of drug-likeness (QED) is 0.759. The van der Waals surface area contributed by atoms with Crippen LogP contribution >= 0.6 is 11.6 Å². The molecule has 0 amide bonds. The van der Waals surface area contributed by atoms with E-state index in [0.29, 0.717) is 5.88 Å². The molecule has 0 aliphatic carbocycles. The van der Waals surface area contributed by atoms with E-state index in [4.69, 9.17) is 16.7 Å². The zero-order valence-electron chi connectivity index (χ0n) is 7.33. The predicted molar refractivity (Wildman–Crippen MR) is 52.0 cm³/mol. The molecule has 0 heterocycles. The van der Waals surface area contributed by atoms with Crippen LogP contribution in [-0.2, 0) is 10.7 Å². The summed E-state index contributed by atoms with van der Waals surface area (Å²) in [5.41, 5.74) is 1.81. The fourth-order valence-corrected chi connectivity index (χ4v) is 1.22. The standard InChI is InChI=1S/C10H11ClO2/c1-7(10(12)13)9-4-2-8(6-11)3-5-9/h2-5,7H,6H2,1H3,(H,12,13). The average molecular weight is 199 g/mol. The number of aliphatic carboxylic acids is 1. The second kappa shape index (κ2) is 4.28. The second-order valence-corrected chi connectivity index (χ2v) is 3.20. The molecule has 0 aliphatic rings. The first kappa shape index (κ1) is 10.1. The molecule has 0 saturated heterocycles. The van der Waals surface area contributed by atoms with Gasteiger partial charge in [0.1, 0.15) is 0 Å². The van der Waals surface area contributed by atoms with Crippen molar-refractivity contribution in [1.29, 1.82) is 0 Å². The molecule has 0 aromatic heterocycles. The van der Waals surface area contributed by atoms with Crippen molar-refractivity contribution in [1.82, 2.24) is 0 Å². The second-order valence-electron chi connectivity index (χ2n) is 2.94. The lowest BCUT2D eigenvalue weighted by atomic mass is 10.0. The molecular weight excluding hydrogens is 188 g/mol. The van der Waals surface area contributed by atoms with Crippen molar-refractivity contribution in [2.75, 3.05) is 0 Å². The van der Waals surface area contributed by atoms with Gasteiger partial charge in [0.2, 0.25) is 0 Å². The van der Waals surface area contributed by atoms with E-state index >= 15 is 0 Å². The zero-order valence-corrected chi connectivity index (χ0v) is 8.08. The Balaban J connectivity index is 2.85. The minimum absolute atomic E-state index is 0.454. The Labute approximate surface area is 82.2 Å². The van der Waals surface area contributed by atoms with Crippen LogP contribution in [0.4, 0.5) is 0 Å². The fourth-order valence-electron chi connectivity index (χ4n) is 1.04. The van der Waals surface area contributed by atoms with E-state index in [0.717, 1.165) is 11.1 Å². The molecule has 0 bridgehead atoms. The number of benzene rings is 1. The van der Waals surface area contributed by atoms with Gasteiger partial charge in [-0.3, -0.25) is 4.79 Å². The predicted octanol–water partition coefficient (Wildman–Crippen LogP) is 2.61. The Morgan fingerprint density at radius 3 is 2.38 bits per heavy atom. The minimum atomic E-state index is -0.807. The zero-order chi connectivity index (χ0) is 9.84. The number of halogens is 1. The Kier molecular flexibility index (Phi) is 3.32. The van der Waals surface area contributed by atoms with Crippen LogP contribution in [0.3, 0.4) is 0 Å². The first-order valence-corrected chi connectivity index (χ1v) is 4.56. The highest BCUT2D eigenvalue weighted by Gasteiger charge is 2.12. The molecule has 1 rings (SSSR count). The topological polar surface area (TPSA) is 37.3 Å². The Morgan fingerprint density at radius 2 is 2.00 bits per heavy atom. The van der Waals surface area contributed by atoms with Gasteiger partial charge in [-0.05, 0) is 18.1 Å². The van der Waals surface area contributed by atoms with E-state index in [2.05, 4.69) is 0 Å². The van der Waals surface area contributed by atoms with Gasteiger partial charge < -0.3 is 5.11 Å². The smallest absolute Gasteiger partial charge is 0.310 e. The third kappa shape index (κ3) is 2.46. The highest BCUT2D eigenvalue weighted by molar-refractivity contribution is 6.17. The van der Waals surface area contributed by atoms with E-state index in [-0.39, 0.29) is 0 Å². The number of alkyl halides is 1. The highest BCUT2D eigenvalue weighted by Crippen LogP contribution is 2.16. The highest BCUT2D eigenvalue weighted by atomic mass is 35.5. The van der Waals surface area contributed by atoms with Crippen LogP contribution in [0.25, 0.3) is 0 Å². The maximum Gasteiger partial charge on any atom is 0.310 e. The van der Waals surface area contributed by atoms with Crippen LogP contribution in [0, 0.1) is 0 Å². The van der Waals surface area contributed by atoms with Gasteiger partial charge in [0.15, 0.2) is 0 Å². The summed E-state index contributed by atoms with van der Waals surface area (Å²) in [5.74, 6) is -0.801. The number of carboxylic acids is 1.